The smallest absolute Gasteiger partial charge is 0.348 e. The second-order valence-corrected chi connectivity index (χ2v) is 11.6. The van der Waals surface area contributed by atoms with Crippen molar-refractivity contribution in [2.75, 3.05) is 13.7 Å². The molecule has 1 aliphatic heterocycles. The van der Waals surface area contributed by atoms with Crippen molar-refractivity contribution in [3.63, 3.8) is 0 Å². The number of carbonyl (C=O) groups is 4. The number of methoxy groups -OCH3 is 1. The highest BCUT2D eigenvalue weighted by atomic mass is 35.5. The maximum Gasteiger partial charge on any atom is 0.348 e. The van der Waals surface area contributed by atoms with Crippen LogP contribution in [0.15, 0.2) is 66.8 Å². The van der Waals surface area contributed by atoms with E-state index in [0.29, 0.717) is 16.3 Å². The van der Waals surface area contributed by atoms with E-state index in [1.54, 1.807) is 45.0 Å². The Hall–Kier alpha value is -4.11. The minimum absolute atomic E-state index is 0.0625. The fourth-order valence-corrected chi connectivity index (χ4v) is 4.79. The average Bonchev–Trinajstić information content (AvgIpc) is 3.00. The van der Waals surface area contributed by atoms with E-state index in [-0.39, 0.29) is 31.2 Å². The minimum Gasteiger partial charge on any atom is -0.495 e. The lowest BCUT2D eigenvalue weighted by Crippen LogP contribution is -2.49. The van der Waals surface area contributed by atoms with Crippen LogP contribution in [-0.2, 0) is 35.1 Å². The third kappa shape index (κ3) is 10.3. The van der Waals surface area contributed by atoms with Gasteiger partial charge in [-0.05, 0) is 29.3 Å². The van der Waals surface area contributed by atoms with Gasteiger partial charge < -0.3 is 24.8 Å². The van der Waals surface area contributed by atoms with Crippen LogP contribution >= 0.6 is 11.6 Å². The van der Waals surface area contributed by atoms with Crippen LogP contribution in [0.3, 0.4) is 0 Å². The molecule has 1 heterocycles. The van der Waals surface area contributed by atoms with Gasteiger partial charge in [0.1, 0.15) is 17.9 Å². The standard InChI is InChI=1S/C34H41ClN2O7/c1-21(2)31-34(41)43-28(22(3)14-15-24-10-7-6-8-11-24)12-9-13-30(38)37-27(32(39)36-20-23(4)33(40)44-31)19-25-16-17-29(42-5)26(35)18-25/h6-11,13-18,21-23,27-28,31H,12,19-20H2,1-5H3,(H,36,39)(H,37,38)/b13-9?,15-14+/t22-,23-,27-,28+,31+/m1/s1. The lowest BCUT2D eigenvalue weighted by molar-refractivity contribution is -0.177. The number of amides is 2. The van der Waals surface area contributed by atoms with Gasteiger partial charge in [-0.3, -0.25) is 14.4 Å². The van der Waals surface area contributed by atoms with E-state index in [1.807, 2.05) is 49.4 Å². The number of nitrogens with one attached hydrogen (secondary N) is 2. The van der Waals surface area contributed by atoms with Crippen molar-refractivity contribution in [2.45, 2.75) is 58.8 Å². The number of carbonyl (C=O) groups excluding carboxylic acids is 4. The molecule has 9 nitrogen and oxygen atoms in total. The van der Waals surface area contributed by atoms with Crippen LogP contribution in [-0.4, -0.2) is 55.7 Å². The molecule has 44 heavy (non-hydrogen) atoms. The number of halogens is 1. The Labute approximate surface area is 264 Å². The molecule has 0 unspecified atom stereocenters. The zero-order valence-electron chi connectivity index (χ0n) is 25.7. The quantitative estimate of drug-likeness (QED) is 0.420. The van der Waals surface area contributed by atoms with Crippen molar-refractivity contribution in [3.05, 3.63) is 82.9 Å². The number of hydrogen-bond donors (Lipinski definition) is 2. The summed E-state index contributed by atoms with van der Waals surface area (Å²) in [6, 6.07) is 13.9. The van der Waals surface area contributed by atoms with E-state index in [0.717, 1.165) is 5.56 Å². The van der Waals surface area contributed by atoms with Crippen molar-refractivity contribution in [1.29, 1.82) is 0 Å². The summed E-state index contributed by atoms with van der Waals surface area (Å²) < 4.78 is 16.7. The number of hydrogen-bond acceptors (Lipinski definition) is 7. The van der Waals surface area contributed by atoms with Gasteiger partial charge in [-0.2, -0.15) is 0 Å². The maximum atomic E-state index is 13.3. The first-order valence-corrected chi connectivity index (χ1v) is 15.1. The Balaban J connectivity index is 1.89. The summed E-state index contributed by atoms with van der Waals surface area (Å²) >= 11 is 6.28. The Morgan fingerprint density at radius 3 is 2.41 bits per heavy atom. The van der Waals surface area contributed by atoms with Crippen LogP contribution in [0.1, 0.15) is 45.2 Å². The lowest BCUT2D eigenvalue weighted by atomic mass is 9.99. The molecule has 0 radical (unpaired) electrons. The molecule has 3 rings (SSSR count). The average molecular weight is 625 g/mol. The highest BCUT2D eigenvalue weighted by Crippen LogP contribution is 2.26. The largest absolute Gasteiger partial charge is 0.495 e. The van der Waals surface area contributed by atoms with E-state index >= 15 is 0 Å². The fraction of sp³-hybridized carbons (Fsp3) is 0.412. The SMILES string of the molecule is COc1ccc(C[C@H]2NC(=O)C=CC[C@@H]([C@H](C)/C=C/c3ccccc3)OC(=O)[C@H](C(C)C)OC(=O)[C@H](C)CNC2=O)cc1Cl. The fourth-order valence-electron chi connectivity index (χ4n) is 4.51. The Morgan fingerprint density at radius 1 is 1.02 bits per heavy atom. The van der Waals surface area contributed by atoms with Crippen LogP contribution in [0.5, 0.6) is 5.75 Å². The van der Waals surface area contributed by atoms with Crippen LogP contribution in [0.4, 0.5) is 0 Å². The molecule has 0 bridgehead atoms. The van der Waals surface area contributed by atoms with E-state index in [2.05, 4.69) is 10.6 Å². The first kappa shape index (κ1) is 34.4. The van der Waals surface area contributed by atoms with Crippen molar-refractivity contribution in [2.24, 2.45) is 17.8 Å². The van der Waals surface area contributed by atoms with Crippen molar-refractivity contribution >= 4 is 41.4 Å². The molecule has 0 saturated heterocycles. The third-order valence-corrected chi connectivity index (χ3v) is 7.53. The molecule has 0 saturated carbocycles. The summed E-state index contributed by atoms with van der Waals surface area (Å²) in [6.45, 7) is 6.96. The van der Waals surface area contributed by atoms with E-state index in [4.69, 9.17) is 25.8 Å². The maximum absolute atomic E-state index is 13.3. The summed E-state index contributed by atoms with van der Waals surface area (Å²) in [6.07, 6.45) is 5.35. The molecule has 0 aliphatic carbocycles. The minimum atomic E-state index is -1.14. The first-order valence-electron chi connectivity index (χ1n) is 14.7. The van der Waals surface area contributed by atoms with Crippen LogP contribution in [0.2, 0.25) is 5.02 Å². The zero-order chi connectivity index (χ0) is 32.2. The number of benzene rings is 2. The van der Waals surface area contributed by atoms with Gasteiger partial charge in [-0.1, -0.05) is 93.9 Å². The summed E-state index contributed by atoms with van der Waals surface area (Å²) in [5, 5.41) is 5.83. The molecule has 10 heteroatoms. The molecule has 236 valence electrons. The normalized spacial score (nSPS) is 23.1. The number of rotatable bonds is 7. The Bertz CT molecular complexity index is 1360. The van der Waals surface area contributed by atoms with Gasteiger partial charge in [0.2, 0.25) is 17.9 Å². The summed E-state index contributed by atoms with van der Waals surface area (Å²) in [7, 11) is 1.50. The monoisotopic (exact) mass is 624 g/mol. The molecule has 5 atom stereocenters. The van der Waals surface area contributed by atoms with Gasteiger partial charge >= 0.3 is 11.9 Å². The van der Waals surface area contributed by atoms with E-state index in [9.17, 15) is 19.2 Å². The number of cyclic esters (lactones) is 2. The molecule has 1 aliphatic rings. The molecular weight excluding hydrogens is 584 g/mol. The second-order valence-electron chi connectivity index (χ2n) is 11.2. The van der Waals surface area contributed by atoms with Gasteiger partial charge in [0, 0.05) is 31.2 Å². The predicted molar refractivity (Wildman–Crippen MR) is 169 cm³/mol. The van der Waals surface area contributed by atoms with Crippen LogP contribution in [0.25, 0.3) is 6.08 Å². The summed E-state index contributed by atoms with van der Waals surface area (Å²) in [4.78, 5) is 52.5. The molecule has 0 fully saturated rings. The van der Waals surface area contributed by atoms with E-state index in [1.165, 1.54) is 13.2 Å². The van der Waals surface area contributed by atoms with Crippen LogP contribution in [0, 0.1) is 17.8 Å². The second kappa shape index (κ2) is 16.7. The Morgan fingerprint density at radius 2 is 1.75 bits per heavy atom. The zero-order valence-corrected chi connectivity index (χ0v) is 26.5. The number of esters is 2. The lowest BCUT2D eigenvalue weighted by Gasteiger charge is -2.27. The van der Waals surface area contributed by atoms with Gasteiger partial charge in [-0.15, -0.1) is 0 Å². The highest BCUT2D eigenvalue weighted by Gasteiger charge is 2.33. The van der Waals surface area contributed by atoms with Crippen molar-refractivity contribution in [3.8, 4) is 5.75 Å². The van der Waals surface area contributed by atoms with Crippen LogP contribution < -0.4 is 15.4 Å². The molecular formula is C34H41ClN2O7. The molecule has 0 aromatic heterocycles. The van der Waals surface area contributed by atoms with Gasteiger partial charge in [0.25, 0.3) is 0 Å². The molecule has 2 aromatic rings. The first-order chi connectivity index (χ1) is 21.0. The van der Waals surface area contributed by atoms with Gasteiger partial charge in [0.15, 0.2) is 0 Å². The highest BCUT2D eigenvalue weighted by molar-refractivity contribution is 6.32. The van der Waals surface area contributed by atoms with Gasteiger partial charge in [-0.25, -0.2) is 4.79 Å². The molecule has 2 amide bonds. The summed E-state index contributed by atoms with van der Waals surface area (Å²) in [5.41, 5.74) is 1.69. The Kier molecular flexibility index (Phi) is 13.0. The van der Waals surface area contributed by atoms with Gasteiger partial charge in [0.05, 0.1) is 18.1 Å². The van der Waals surface area contributed by atoms with Crippen molar-refractivity contribution in [1.82, 2.24) is 10.6 Å². The summed E-state index contributed by atoms with van der Waals surface area (Å²) in [5.74, 6) is -3.18. The van der Waals surface area contributed by atoms with Crippen molar-refractivity contribution < 1.29 is 33.4 Å². The third-order valence-electron chi connectivity index (χ3n) is 7.24. The topological polar surface area (TPSA) is 120 Å². The van der Waals surface area contributed by atoms with E-state index < -0.39 is 47.9 Å². The molecule has 2 aromatic carbocycles. The number of ether oxygens (including phenoxy) is 3. The predicted octanol–water partition coefficient (Wildman–Crippen LogP) is 4.92. The molecule has 0 spiro atoms. The molecule has 2 N–H and O–H groups in total.